The predicted molar refractivity (Wildman–Crippen MR) is 113 cm³/mol. The molecule has 0 unspecified atom stereocenters. The van der Waals surface area contributed by atoms with E-state index in [1.165, 1.54) is 26.2 Å². The minimum Gasteiger partial charge on any atom is -0.490 e. The summed E-state index contributed by atoms with van der Waals surface area (Å²) in [5.74, 6) is 1.22. The summed E-state index contributed by atoms with van der Waals surface area (Å²) in [5, 5.41) is 0.580. The van der Waals surface area contributed by atoms with E-state index in [-0.39, 0.29) is 5.56 Å². The van der Waals surface area contributed by atoms with Crippen LogP contribution in [0.4, 0.5) is 0 Å². The summed E-state index contributed by atoms with van der Waals surface area (Å²) >= 11 is 5.47. The molecule has 0 spiro atoms. The van der Waals surface area contributed by atoms with Crippen LogP contribution < -0.4 is 24.8 Å². The fourth-order valence-corrected chi connectivity index (χ4v) is 4.05. The molecule has 1 aromatic carbocycles. The maximum atomic E-state index is 13.1. The lowest BCUT2D eigenvalue weighted by Crippen LogP contribution is -3.27. The van der Waals surface area contributed by atoms with E-state index >= 15 is 0 Å². The van der Waals surface area contributed by atoms with Gasteiger partial charge >= 0.3 is 0 Å². The lowest BCUT2D eigenvalue weighted by atomic mass is 10.2. The first-order chi connectivity index (χ1) is 13.5. The van der Waals surface area contributed by atoms with E-state index in [2.05, 4.69) is 12.0 Å². The minimum absolute atomic E-state index is 0.0689. The highest BCUT2D eigenvalue weighted by Crippen LogP contribution is 2.30. The first-order valence-corrected chi connectivity index (χ1v) is 10.7. The van der Waals surface area contributed by atoms with E-state index in [1.807, 2.05) is 19.9 Å². The normalized spacial score (nSPS) is 19.7. The van der Waals surface area contributed by atoms with E-state index in [0.717, 1.165) is 13.0 Å². The summed E-state index contributed by atoms with van der Waals surface area (Å²) in [6.07, 6.45) is 0.937. The average molecular weight is 409 g/mol. The zero-order valence-electron chi connectivity index (χ0n) is 17.1. The molecule has 154 valence electrons. The van der Waals surface area contributed by atoms with Gasteiger partial charge in [-0.1, -0.05) is 0 Å². The Morgan fingerprint density at radius 3 is 2.39 bits per heavy atom. The number of nitrogens with one attached hydrogen (secondary N) is 3. The smallest absolute Gasteiger partial charge is 0.262 e. The SMILES string of the molecule is CCOc1cc2[nH]c(=S)n(CCC[NH+]3CC[NH+](C)CC3)c(=O)c2cc1OCC. The molecule has 0 amide bonds. The van der Waals surface area contributed by atoms with Crippen LogP contribution in [0.5, 0.6) is 11.5 Å². The number of hydrogen-bond donors (Lipinski definition) is 3. The number of fused-ring (bicyclic) bond motifs is 1. The lowest BCUT2D eigenvalue weighted by Gasteiger charge is -2.27. The van der Waals surface area contributed by atoms with Gasteiger partial charge in [-0.05, 0) is 32.1 Å². The van der Waals surface area contributed by atoms with Crippen LogP contribution in [-0.4, -0.2) is 62.5 Å². The molecule has 0 aliphatic carbocycles. The van der Waals surface area contributed by atoms with E-state index in [9.17, 15) is 4.79 Å². The fraction of sp³-hybridized carbons (Fsp3) is 0.600. The molecule has 1 aliphatic heterocycles. The number of ether oxygens (including phenoxy) is 2. The van der Waals surface area contributed by atoms with Gasteiger partial charge in [0, 0.05) is 19.0 Å². The van der Waals surface area contributed by atoms with Gasteiger partial charge in [0.2, 0.25) is 0 Å². The Labute approximate surface area is 170 Å². The first kappa shape index (κ1) is 20.8. The number of nitrogens with zero attached hydrogens (tertiary/aromatic N) is 1. The number of likely N-dealkylation sites (N-methyl/N-ethyl adjacent to an activating group) is 1. The number of hydrogen-bond acceptors (Lipinski definition) is 4. The van der Waals surface area contributed by atoms with Crippen molar-refractivity contribution >= 4 is 23.1 Å². The number of H-pyrrole nitrogens is 1. The fourth-order valence-electron chi connectivity index (χ4n) is 3.77. The number of quaternary nitrogens is 2. The molecule has 7 nitrogen and oxygen atoms in total. The Balaban J connectivity index is 1.81. The van der Waals surface area contributed by atoms with Crippen LogP contribution in [0.1, 0.15) is 20.3 Å². The van der Waals surface area contributed by atoms with Gasteiger partial charge in [0.15, 0.2) is 16.3 Å². The summed E-state index contributed by atoms with van der Waals surface area (Å²) in [7, 11) is 2.25. The van der Waals surface area contributed by atoms with E-state index in [0.29, 0.717) is 46.9 Å². The van der Waals surface area contributed by atoms with E-state index in [1.54, 1.807) is 20.4 Å². The number of aromatic nitrogens is 2. The number of aromatic amines is 1. The van der Waals surface area contributed by atoms with Crippen molar-refractivity contribution in [1.82, 2.24) is 9.55 Å². The third-order valence-electron chi connectivity index (χ3n) is 5.37. The average Bonchev–Trinajstić information content (AvgIpc) is 2.67. The van der Waals surface area contributed by atoms with E-state index < -0.39 is 0 Å². The molecule has 0 bridgehead atoms. The van der Waals surface area contributed by atoms with Crippen molar-refractivity contribution in [1.29, 1.82) is 0 Å². The number of rotatable bonds is 8. The molecule has 28 heavy (non-hydrogen) atoms. The summed E-state index contributed by atoms with van der Waals surface area (Å²) in [6.45, 7) is 11.4. The van der Waals surface area contributed by atoms with E-state index in [4.69, 9.17) is 21.7 Å². The Morgan fingerprint density at radius 2 is 1.75 bits per heavy atom. The van der Waals surface area contributed by atoms with Crippen LogP contribution in [0.3, 0.4) is 0 Å². The molecule has 8 heteroatoms. The standard InChI is InChI=1S/C20H30N4O3S/c1-4-26-17-13-15-16(14-18(17)27-5-2)21-20(28)24(19(15)25)8-6-7-23-11-9-22(3)10-12-23/h13-14H,4-12H2,1-3H3,(H,21,28)/p+2. The zero-order chi connectivity index (χ0) is 20.1. The highest BCUT2D eigenvalue weighted by molar-refractivity contribution is 7.71. The highest BCUT2D eigenvalue weighted by Gasteiger charge is 2.19. The van der Waals surface area contributed by atoms with Gasteiger partial charge in [0.05, 0.1) is 37.7 Å². The Morgan fingerprint density at radius 1 is 1.11 bits per heavy atom. The quantitative estimate of drug-likeness (QED) is 0.523. The topological polar surface area (TPSA) is 65.1 Å². The van der Waals surface area contributed by atoms with Gasteiger partial charge < -0.3 is 24.3 Å². The third-order valence-corrected chi connectivity index (χ3v) is 5.69. The van der Waals surface area contributed by atoms with Crippen LogP contribution in [0.25, 0.3) is 10.9 Å². The summed E-state index contributed by atoms with van der Waals surface area (Å²) < 4.78 is 13.5. The highest BCUT2D eigenvalue weighted by atomic mass is 32.1. The number of benzene rings is 1. The van der Waals surface area contributed by atoms with Crippen molar-refractivity contribution in [2.75, 3.05) is 53.0 Å². The Kier molecular flexibility index (Phi) is 7.09. The van der Waals surface area contributed by atoms with Crippen LogP contribution in [-0.2, 0) is 6.54 Å². The van der Waals surface area contributed by atoms with Gasteiger partial charge in [-0.15, -0.1) is 0 Å². The van der Waals surface area contributed by atoms with Crippen LogP contribution in [0.15, 0.2) is 16.9 Å². The molecule has 1 aliphatic rings. The van der Waals surface area contributed by atoms with Gasteiger partial charge in [0.25, 0.3) is 5.56 Å². The van der Waals surface area contributed by atoms with Gasteiger partial charge in [-0.2, -0.15) is 0 Å². The Bertz CT molecular complexity index is 916. The molecule has 1 aromatic heterocycles. The molecule has 0 saturated carbocycles. The monoisotopic (exact) mass is 408 g/mol. The van der Waals surface area contributed by atoms with Gasteiger partial charge in [0.1, 0.15) is 26.2 Å². The molecule has 1 fully saturated rings. The maximum Gasteiger partial charge on any atom is 0.262 e. The second kappa shape index (κ2) is 9.54. The van der Waals surface area contributed by atoms with Crippen molar-refractivity contribution in [2.45, 2.75) is 26.8 Å². The van der Waals surface area contributed by atoms with Crippen LogP contribution in [0, 0.1) is 4.77 Å². The second-order valence-corrected chi connectivity index (χ2v) is 7.79. The maximum absolute atomic E-state index is 13.1. The molecule has 2 heterocycles. The molecule has 2 aromatic rings. The summed E-state index contributed by atoms with van der Waals surface area (Å²) in [6, 6.07) is 3.57. The molecule has 3 rings (SSSR count). The Hall–Kier alpha value is -1.90. The summed E-state index contributed by atoms with van der Waals surface area (Å²) in [5.41, 5.74) is 0.617. The molecule has 3 N–H and O–H groups in total. The van der Waals surface area contributed by atoms with Crippen molar-refractivity contribution in [3.8, 4) is 11.5 Å². The number of piperazine rings is 1. The molecule has 0 radical (unpaired) electrons. The lowest BCUT2D eigenvalue weighted by molar-refractivity contribution is -1.00. The summed E-state index contributed by atoms with van der Waals surface area (Å²) in [4.78, 5) is 19.5. The minimum atomic E-state index is -0.0689. The van der Waals surface area contributed by atoms with Gasteiger partial charge in [-0.25, -0.2) is 0 Å². The van der Waals surface area contributed by atoms with Crippen molar-refractivity contribution in [3.63, 3.8) is 0 Å². The predicted octanol–water partition coefficient (Wildman–Crippen LogP) is -0.340. The second-order valence-electron chi connectivity index (χ2n) is 7.41. The largest absolute Gasteiger partial charge is 0.490 e. The first-order valence-electron chi connectivity index (χ1n) is 10.2. The van der Waals surface area contributed by atoms with Crippen molar-refractivity contribution in [2.24, 2.45) is 0 Å². The zero-order valence-corrected chi connectivity index (χ0v) is 17.9. The molecule has 1 saturated heterocycles. The third kappa shape index (κ3) is 4.74. The molecular formula is C20H32N4O3S+2. The van der Waals surface area contributed by atoms with Crippen LogP contribution >= 0.6 is 12.2 Å². The molecule has 0 atom stereocenters. The molecular weight excluding hydrogens is 376 g/mol. The van der Waals surface area contributed by atoms with Gasteiger partial charge in [-0.3, -0.25) is 9.36 Å². The van der Waals surface area contributed by atoms with Crippen molar-refractivity contribution in [3.05, 3.63) is 27.3 Å². The van der Waals surface area contributed by atoms with Crippen molar-refractivity contribution < 1.29 is 19.3 Å². The van der Waals surface area contributed by atoms with Crippen LogP contribution in [0.2, 0.25) is 0 Å².